The normalized spacial score (nSPS) is 26.4. The average Bonchev–Trinajstić information content (AvgIpc) is 3.36. The highest BCUT2D eigenvalue weighted by molar-refractivity contribution is 7.54. The molecule has 3 heterocycles. The van der Waals surface area contributed by atoms with Crippen LogP contribution in [-0.2, 0) is 17.7 Å². The standard InChI is InChI=1S/C27H35N4O2P/c1-20(2)24-18-28(16-22-11-7-5-8-12-22)26-15-27-29(17-23-13-9-6-10-14-23)19-25(21(3)4)31(27)34(32,33)30(24)26/h5-15,20-21,24-25H,16-19H2,1-4H3/p+1/t24-,25-/m1/s1. The van der Waals surface area contributed by atoms with Crippen LogP contribution in [-0.4, -0.2) is 54.7 Å². The molecule has 0 amide bonds. The largest absolute Gasteiger partial charge is 0.482 e. The second kappa shape index (κ2) is 8.90. The first-order valence-corrected chi connectivity index (χ1v) is 13.9. The lowest BCUT2D eigenvalue weighted by Gasteiger charge is -2.39. The quantitative estimate of drug-likeness (QED) is 0.479. The second-order valence-corrected chi connectivity index (χ2v) is 12.3. The van der Waals surface area contributed by atoms with Crippen LogP contribution in [0, 0.1) is 11.8 Å². The fourth-order valence-electron chi connectivity index (χ4n) is 5.50. The maximum absolute atomic E-state index is 14.4. The number of benzene rings is 2. The van der Waals surface area contributed by atoms with Gasteiger partial charge in [-0.15, -0.1) is 0 Å². The maximum Gasteiger partial charge on any atom is 0.482 e. The zero-order valence-corrected chi connectivity index (χ0v) is 21.5. The van der Waals surface area contributed by atoms with Gasteiger partial charge in [0.15, 0.2) is 0 Å². The number of amidine groups is 1. The van der Waals surface area contributed by atoms with Gasteiger partial charge in [-0.1, -0.05) is 88.4 Å². The summed E-state index contributed by atoms with van der Waals surface area (Å²) < 4.78 is 20.4. The van der Waals surface area contributed by atoms with Gasteiger partial charge in [0.05, 0.1) is 12.1 Å². The molecule has 0 aromatic heterocycles. The number of fused-ring (bicyclic) bond motifs is 2. The molecule has 0 spiro atoms. The van der Waals surface area contributed by atoms with E-state index in [0.29, 0.717) is 0 Å². The minimum Gasteiger partial charge on any atom is -0.351 e. The summed E-state index contributed by atoms with van der Waals surface area (Å²) in [6, 6.07) is 20.7. The van der Waals surface area contributed by atoms with Gasteiger partial charge in [0.1, 0.15) is 25.0 Å². The van der Waals surface area contributed by atoms with Crippen molar-refractivity contribution in [3.63, 3.8) is 0 Å². The SMILES string of the molecule is CC(C)[C@H]1CN(Cc2ccccc2)C2=CC3=[N+](Cc4ccccc4)C[C@H](C(C)C)N3P(=O)(O)N21. The molecule has 34 heavy (non-hydrogen) atoms. The molecule has 3 aliphatic heterocycles. The van der Waals surface area contributed by atoms with E-state index >= 15 is 0 Å². The zero-order valence-electron chi connectivity index (χ0n) is 20.6. The van der Waals surface area contributed by atoms with Gasteiger partial charge in [-0.25, -0.2) is 9.24 Å². The van der Waals surface area contributed by atoms with Crippen LogP contribution in [0.4, 0.5) is 0 Å². The fraction of sp³-hybridized carbons (Fsp3) is 0.444. The van der Waals surface area contributed by atoms with Crippen LogP contribution in [0.5, 0.6) is 0 Å². The van der Waals surface area contributed by atoms with E-state index in [1.807, 2.05) is 21.5 Å². The number of hydrogen-bond acceptors (Lipinski definition) is 2. The molecule has 1 unspecified atom stereocenters. The molecule has 0 bridgehead atoms. The molecular formula is C27H36N4O2P+. The summed E-state index contributed by atoms with van der Waals surface area (Å²) in [6.07, 6.45) is 2.17. The molecule has 7 heteroatoms. The summed E-state index contributed by atoms with van der Waals surface area (Å²) in [5.41, 5.74) is 2.42. The Kier molecular flexibility index (Phi) is 6.07. The van der Waals surface area contributed by atoms with E-state index in [9.17, 15) is 9.46 Å². The van der Waals surface area contributed by atoms with E-state index in [4.69, 9.17) is 0 Å². The van der Waals surface area contributed by atoms with Crippen LogP contribution < -0.4 is 0 Å². The van der Waals surface area contributed by atoms with Crippen molar-refractivity contribution in [3.05, 3.63) is 83.7 Å². The van der Waals surface area contributed by atoms with Crippen molar-refractivity contribution in [3.8, 4) is 0 Å². The fourth-order valence-corrected chi connectivity index (χ4v) is 8.06. The van der Waals surface area contributed by atoms with Crippen molar-refractivity contribution in [2.24, 2.45) is 11.8 Å². The zero-order chi connectivity index (χ0) is 24.0. The molecule has 180 valence electrons. The van der Waals surface area contributed by atoms with Gasteiger partial charge in [-0.05, 0) is 23.0 Å². The van der Waals surface area contributed by atoms with E-state index < -0.39 is 7.67 Å². The number of rotatable bonds is 6. The summed E-state index contributed by atoms with van der Waals surface area (Å²) in [4.78, 5) is 14.1. The third kappa shape index (κ3) is 3.97. The molecular weight excluding hydrogens is 443 g/mol. The molecule has 2 aromatic carbocycles. The van der Waals surface area contributed by atoms with Crippen molar-refractivity contribution in [1.29, 1.82) is 0 Å². The van der Waals surface area contributed by atoms with Crippen molar-refractivity contribution >= 4 is 13.5 Å². The molecule has 3 atom stereocenters. The highest BCUT2D eigenvalue weighted by Gasteiger charge is 2.61. The van der Waals surface area contributed by atoms with Gasteiger partial charge < -0.3 is 4.90 Å². The van der Waals surface area contributed by atoms with Crippen LogP contribution in [0.25, 0.3) is 0 Å². The lowest BCUT2D eigenvalue weighted by atomic mass is 10.1. The van der Waals surface area contributed by atoms with E-state index in [1.54, 1.807) is 0 Å². The smallest absolute Gasteiger partial charge is 0.351 e. The van der Waals surface area contributed by atoms with Gasteiger partial charge in [0, 0.05) is 13.1 Å². The molecule has 1 saturated heterocycles. The Labute approximate surface area is 203 Å². The predicted octanol–water partition coefficient (Wildman–Crippen LogP) is 4.74. The van der Waals surface area contributed by atoms with Crippen molar-refractivity contribution in [2.75, 3.05) is 13.1 Å². The van der Waals surface area contributed by atoms with Gasteiger partial charge in [0.2, 0.25) is 0 Å². The van der Waals surface area contributed by atoms with Crippen molar-refractivity contribution in [1.82, 2.24) is 14.2 Å². The minimum absolute atomic E-state index is 0.0108. The summed E-state index contributed by atoms with van der Waals surface area (Å²) >= 11 is 0. The van der Waals surface area contributed by atoms with E-state index in [0.717, 1.165) is 37.8 Å². The van der Waals surface area contributed by atoms with Crippen molar-refractivity contribution in [2.45, 2.75) is 52.9 Å². The monoisotopic (exact) mass is 479 g/mol. The topological polar surface area (TPSA) is 50.0 Å². The molecule has 2 aromatic rings. The molecule has 1 fully saturated rings. The molecule has 3 aliphatic rings. The number of nitrogens with zero attached hydrogens (tertiary/aromatic N) is 4. The highest BCUT2D eigenvalue weighted by atomic mass is 31.2. The van der Waals surface area contributed by atoms with Crippen LogP contribution in [0.15, 0.2) is 72.6 Å². The first-order valence-electron chi connectivity index (χ1n) is 12.4. The Morgan fingerprint density at radius 3 is 2.09 bits per heavy atom. The third-order valence-corrected chi connectivity index (χ3v) is 9.48. The first kappa shape index (κ1) is 23.2. The molecule has 5 rings (SSSR count). The lowest BCUT2D eigenvalue weighted by molar-refractivity contribution is -0.537. The summed E-state index contributed by atoms with van der Waals surface area (Å²) in [6.45, 7) is 11.6. The molecule has 6 nitrogen and oxygen atoms in total. The summed E-state index contributed by atoms with van der Waals surface area (Å²) in [5, 5.41) is 0. The molecule has 0 aliphatic carbocycles. The summed E-state index contributed by atoms with van der Waals surface area (Å²) in [5.74, 6) is 2.27. The van der Waals surface area contributed by atoms with Crippen molar-refractivity contribution < 1.29 is 14.0 Å². The van der Waals surface area contributed by atoms with Gasteiger partial charge in [-0.3, -0.25) is 9.47 Å². The number of hydrogen-bond donors (Lipinski definition) is 1. The van der Waals surface area contributed by atoms with Crippen LogP contribution in [0.3, 0.4) is 0 Å². The van der Waals surface area contributed by atoms with Crippen LogP contribution in [0.1, 0.15) is 38.8 Å². The van der Waals surface area contributed by atoms with E-state index in [-0.39, 0.29) is 23.9 Å². The van der Waals surface area contributed by atoms with Gasteiger partial charge >= 0.3 is 7.67 Å². The Bertz CT molecular complexity index is 1150. The Hall–Kier alpha value is -2.56. The molecule has 0 saturated carbocycles. The predicted molar refractivity (Wildman–Crippen MR) is 136 cm³/mol. The molecule has 0 radical (unpaired) electrons. The Morgan fingerprint density at radius 2 is 1.50 bits per heavy atom. The average molecular weight is 480 g/mol. The minimum atomic E-state index is -3.82. The Balaban J connectivity index is 1.61. The van der Waals surface area contributed by atoms with Crippen LogP contribution in [0.2, 0.25) is 0 Å². The van der Waals surface area contributed by atoms with Crippen LogP contribution >= 0.6 is 7.67 Å². The second-order valence-electron chi connectivity index (χ2n) is 10.4. The lowest BCUT2D eigenvalue weighted by Crippen LogP contribution is -2.46. The highest BCUT2D eigenvalue weighted by Crippen LogP contribution is 2.61. The maximum atomic E-state index is 14.4. The van der Waals surface area contributed by atoms with Gasteiger partial charge in [0.25, 0.3) is 5.84 Å². The van der Waals surface area contributed by atoms with Gasteiger partial charge in [-0.2, -0.15) is 4.67 Å². The van der Waals surface area contributed by atoms with E-state index in [2.05, 4.69) is 91.8 Å². The third-order valence-electron chi connectivity index (χ3n) is 7.35. The summed E-state index contributed by atoms with van der Waals surface area (Å²) in [7, 11) is -3.82. The molecule has 1 N–H and O–H groups in total. The first-order chi connectivity index (χ1) is 16.3. The van der Waals surface area contributed by atoms with E-state index in [1.165, 1.54) is 11.1 Å². The Morgan fingerprint density at radius 1 is 0.912 bits per heavy atom.